The van der Waals surface area contributed by atoms with Gasteiger partial charge in [-0.1, -0.05) is 46.3 Å². The van der Waals surface area contributed by atoms with E-state index in [4.69, 9.17) is 5.84 Å². The van der Waals surface area contributed by atoms with Crippen molar-refractivity contribution in [3.05, 3.63) is 63.1 Å². The zero-order valence-corrected chi connectivity index (χ0v) is 14.0. The number of thiazole rings is 1. The Bertz CT molecular complexity index is 736. The van der Waals surface area contributed by atoms with Crippen LogP contribution >= 0.6 is 27.3 Å². The van der Waals surface area contributed by atoms with Crippen molar-refractivity contribution in [3.8, 4) is 0 Å². The Morgan fingerprint density at radius 3 is 2.81 bits per heavy atom. The summed E-state index contributed by atoms with van der Waals surface area (Å²) in [6.07, 6.45) is 0.776. The Morgan fingerprint density at radius 2 is 2.05 bits per heavy atom. The van der Waals surface area contributed by atoms with Gasteiger partial charge in [0.2, 0.25) is 0 Å². The molecule has 0 saturated carbocycles. The number of para-hydroxylation sites is 1. The van der Waals surface area contributed by atoms with Crippen molar-refractivity contribution in [1.82, 2.24) is 10.4 Å². The SMILES string of the molecule is Cc1cccc(C(Cc2nc3ccccc3s2)NN)c1Br. The van der Waals surface area contributed by atoms with E-state index in [-0.39, 0.29) is 6.04 Å². The molecule has 3 rings (SSSR count). The first-order chi connectivity index (χ1) is 10.2. The predicted molar refractivity (Wildman–Crippen MR) is 92.3 cm³/mol. The predicted octanol–water partition coefficient (Wildman–Crippen LogP) is 4.11. The second-order valence-corrected chi connectivity index (χ2v) is 6.89. The van der Waals surface area contributed by atoms with Crippen molar-refractivity contribution in [1.29, 1.82) is 0 Å². The van der Waals surface area contributed by atoms with E-state index in [0.717, 1.165) is 27.0 Å². The van der Waals surface area contributed by atoms with Gasteiger partial charge in [-0.15, -0.1) is 11.3 Å². The van der Waals surface area contributed by atoms with E-state index in [1.54, 1.807) is 11.3 Å². The number of hydrogen-bond acceptors (Lipinski definition) is 4. The number of aryl methyl sites for hydroxylation is 1. The smallest absolute Gasteiger partial charge is 0.0958 e. The van der Waals surface area contributed by atoms with Gasteiger partial charge in [0.1, 0.15) is 0 Å². The molecule has 1 aromatic heterocycles. The van der Waals surface area contributed by atoms with Crippen LogP contribution < -0.4 is 11.3 Å². The van der Waals surface area contributed by atoms with Gasteiger partial charge in [-0.2, -0.15) is 0 Å². The van der Waals surface area contributed by atoms with Crippen LogP contribution in [0.25, 0.3) is 10.2 Å². The van der Waals surface area contributed by atoms with Crippen LogP contribution in [0.4, 0.5) is 0 Å². The third-order valence-corrected chi connectivity index (χ3v) is 5.66. The summed E-state index contributed by atoms with van der Waals surface area (Å²) in [6.45, 7) is 2.08. The fraction of sp³-hybridized carbons (Fsp3) is 0.188. The minimum absolute atomic E-state index is 0.0415. The summed E-state index contributed by atoms with van der Waals surface area (Å²) in [6, 6.07) is 14.5. The molecule has 0 spiro atoms. The highest BCUT2D eigenvalue weighted by Gasteiger charge is 2.16. The maximum Gasteiger partial charge on any atom is 0.0958 e. The minimum atomic E-state index is 0.0415. The topological polar surface area (TPSA) is 50.9 Å². The zero-order chi connectivity index (χ0) is 14.8. The van der Waals surface area contributed by atoms with E-state index < -0.39 is 0 Å². The normalized spacial score (nSPS) is 12.7. The van der Waals surface area contributed by atoms with E-state index >= 15 is 0 Å². The number of benzene rings is 2. The van der Waals surface area contributed by atoms with Gasteiger partial charge in [0.05, 0.1) is 21.3 Å². The summed E-state index contributed by atoms with van der Waals surface area (Å²) < 4.78 is 2.32. The lowest BCUT2D eigenvalue weighted by atomic mass is 10.0. The average Bonchev–Trinajstić information content (AvgIpc) is 2.90. The van der Waals surface area contributed by atoms with Crippen LogP contribution in [0.3, 0.4) is 0 Å². The summed E-state index contributed by atoms with van der Waals surface area (Å²) >= 11 is 5.38. The second kappa shape index (κ2) is 6.23. The summed E-state index contributed by atoms with van der Waals surface area (Å²) in [5.41, 5.74) is 6.34. The molecule has 0 bridgehead atoms. The average molecular weight is 362 g/mol. The monoisotopic (exact) mass is 361 g/mol. The molecule has 3 nitrogen and oxygen atoms in total. The third-order valence-electron chi connectivity index (χ3n) is 3.52. The molecule has 108 valence electrons. The van der Waals surface area contributed by atoms with E-state index in [9.17, 15) is 0 Å². The van der Waals surface area contributed by atoms with Crippen molar-refractivity contribution >= 4 is 37.5 Å². The van der Waals surface area contributed by atoms with Crippen molar-refractivity contribution in [2.45, 2.75) is 19.4 Å². The number of hydrazine groups is 1. The van der Waals surface area contributed by atoms with E-state index in [1.807, 2.05) is 18.2 Å². The van der Waals surface area contributed by atoms with Crippen LogP contribution in [0.5, 0.6) is 0 Å². The van der Waals surface area contributed by atoms with Crippen LogP contribution in [0, 0.1) is 6.92 Å². The lowest BCUT2D eigenvalue weighted by molar-refractivity contribution is 0.549. The Kier molecular flexibility index (Phi) is 4.35. The standard InChI is InChI=1S/C16H16BrN3S/c1-10-5-4-6-11(16(10)17)13(20-18)9-15-19-12-7-2-3-8-14(12)21-15/h2-8,13,20H,9,18H2,1H3. The zero-order valence-electron chi connectivity index (χ0n) is 11.6. The molecular weight excluding hydrogens is 346 g/mol. The van der Waals surface area contributed by atoms with Gasteiger partial charge in [-0.25, -0.2) is 4.98 Å². The molecule has 0 amide bonds. The first-order valence-corrected chi connectivity index (χ1v) is 8.35. The highest BCUT2D eigenvalue weighted by molar-refractivity contribution is 9.10. The van der Waals surface area contributed by atoms with Crippen LogP contribution in [0.15, 0.2) is 46.9 Å². The fourth-order valence-electron chi connectivity index (χ4n) is 2.38. The second-order valence-electron chi connectivity index (χ2n) is 4.98. The molecule has 0 aliphatic rings. The van der Waals surface area contributed by atoms with Crippen molar-refractivity contribution in [2.24, 2.45) is 5.84 Å². The maximum atomic E-state index is 5.77. The van der Waals surface area contributed by atoms with Gasteiger partial charge >= 0.3 is 0 Å². The highest BCUT2D eigenvalue weighted by Crippen LogP contribution is 2.30. The number of nitrogens with two attached hydrogens (primary N) is 1. The van der Waals surface area contributed by atoms with Crippen LogP contribution in [0.1, 0.15) is 22.2 Å². The van der Waals surface area contributed by atoms with Gasteiger partial charge in [0.15, 0.2) is 0 Å². The molecular formula is C16H16BrN3S. The molecule has 21 heavy (non-hydrogen) atoms. The molecule has 0 aliphatic heterocycles. The number of halogens is 1. The fourth-order valence-corrected chi connectivity index (χ4v) is 3.93. The van der Waals surface area contributed by atoms with Gasteiger partial charge in [0.25, 0.3) is 0 Å². The number of aromatic nitrogens is 1. The van der Waals surface area contributed by atoms with E-state index in [0.29, 0.717) is 0 Å². The molecule has 0 radical (unpaired) electrons. The Balaban J connectivity index is 1.92. The van der Waals surface area contributed by atoms with E-state index in [1.165, 1.54) is 10.3 Å². The van der Waals surface area contributed by atoms with E-state index in [2.05, 4.69) is 57.5 Å². The molecule has 1 unspecified atom stereocenters. The molecule has 5 heteroatoms. The van der Waals surface area contributed by atoms with Crippen LogP contribution in [-0.2, 0) is 6.42 Å². The lowest BCUT2D eigenvalue weighted by Crippen LogP contribution is -2.29. The molecule has 0 aliphatic carbocycles. The molecule has 0 fully saturated rings. The van der Waals surface area contributed by atoms with Gasteiger partial charge in [0, 0.05) is 10.9 Å². The largest absolute Gasteiger partial charge is 0.271 e. The molecule has 1 heterocycles. The van der Waals surface area contributed by atoms with Gasteiger partial charge in [-0.3, -0.25) is 11.3 Å². The first-order valence-electron chi connectivity index (χ1n) is 6.74. The van der Waals surface area contributed by atoms with Gasteiger partial charge < -0.3 is 0 Å². The van der Waals surface area contributed by atoms with Crippen molar-refractivity contribution in [3.63, 3.8) is 0 Å². The highest BCUT2D eigenvalue weighted by atomic mass is 79.9. The molecule has 3 N–H and O–H groups in total. The Hall–Kier alpha value is -1.27. The quantitative estimate of drug-likeness (QED) is 0.542. The number of rotatable bonds is 4. The molecule has 3 aromatic rings. The summed E-state index contributed by atoms with van der Waals surface area (Å²) in [5.74, 6) is 5.77. The molecule has 0 saturated heterocycles. The Labute approximate surface area is 136 Å². The number of nitrogens with one attached hydrogen (secondary N) is 1. The third kappa shape index (κ3) is 3.01. The summed E-state index contributed by atoms with van der Waals surface area (Å²) in [5, 5.41) is 1.09. The minimum Gasteiger partial charge on any atom is -0.271 e. The summed E-state index contributed by atoms with van der Waals surface area (Å²) in [7, 11) is 0. The van der Waals surface area contributed by atoms with Crippen LogP contribution in [0.2, 0.25) is 0 Å². The van der Waals surface area contributed by atoms with Crippen molar-refractivity contribution in [2.75, 3.05) is 0 Å². The maximum absolute atomic E-state index is 5.77. The summed E-state index contributed by atoms with van der Waals surface area (Å²) in [4.78, 5) is 4.69. The van der Waals surface area contributed by atoms with Gasteiger partial charge in [-0.05, 0) is 30.2 Å². The van der Waals surface area contributed by atoms with Crippen molar-refractivity contribution < 1.29 is 0 Å². The lowest BCUT2D eigenvalue weighted by Gasteiger charge is -2.17. The first kappa shape index (κ1) is 14.7. The van der Waals surface area contributed by atoms with Crippen LogP contribution in [-0.4, -0.2) is 4.98 Å². The number of nitrogens with zero attached hydrogens (tertiary/aromatic N) is 1. The Morgan fingerprint density at radius 1 is 1.24 bits per heavy atom. The number of hydrogen-bond donors (Lipinski definition) is 2. The molecule has 1 atom stereocenters. The molecule has 2 aromatic carbocycles. The number of fused-ring (bicyclic) bond motifs is 1.